The Morgan fingerprint density at radius 1 is 1.32 bits per heavy atom. The molecule has 0 aliphatic heterocycles. The van der Waals surface area contributed by atoms with Crippen LogP contribution in [0.15, 0.2) is 29.2 Å². The first-order chi connectivity index (χ1) is 8.80. The molecular weight excluding hydrogens is 266 g/mol. The second-order valence-corrected chi connectivity index (χ2v) is 6.28. The molecule has 6 nitrogen and oxygen atoms in total. The highest BCUT2D eigenvalue weighted by Crippen LogP contribution is 2.21. The van der Waals surface area contributed by atoms with Crippen molar-refractivity contribution in [2.24, 2.45) is 11.5 Å². The van der Waals surface area contributed by atoms with E-state index in [1.54, 1.807) is 32.0 Å². The molecule has 0 heterocycles. The summed E-state index contributed by atoms with van der Waals surface area (Å²) in [5, 5.41) is 0. The zero-order chi connectivity index (χ0) is 14.6. The highest BCUT2D eigenvalue weighted by atomic mass is 32.2. The van der Waals surface area contributed by atoms with Crippen molar-refractivity contribution in [2.45, 2.75) is 31.3 Å². The van der Waals surface area contributed by atoms with Crippen LogP contribution >= 0.6 is 0 Å². The van der Waals surface area contributed by atoms with Gasteiger partial charge in [-0.05, 0) is 25.5 Å². The van der Waals surface area contributed by atoms with Crippen molar-refractivity contribution in [1.29, 1.82) is 0 Å². The number of hydrogen-bond donors (Lipinski definition) is 2. The van der Waals surface area contributed by atoms with Crippen LogP contribution in [0.2, 0.25) is 0 Å². The molecule has 0 aliphatic rings. The Morgan fingerprint density at radius 2 is 1.89 bits per heavy atom. The summed E-state index contributed by atoms with van der Waals surface area (Å²) < 4.78 is 26.2. The summed E-state index contributed by atoms with van der Waals surface area (Å²) >= 11 is 0. The van der Waals surface area contributed by atoms with Crippen LogP contribution in [0.3, 0.4) is 0 Å². The lowest BCUT2D eigenvalue weighted by atomic mass is 10.2. The van der Waals surface area contributed by atoms with Crippen molar-refractivity contribution < 1.29 is 13.2 Å². The number of nitrogens with two attached hydrogens (primary N) is 2. The van der Waals surface area contributed by atoms with Crippen LogP contribution in [0.1, 0.15) is 19.4 Å². The fourth-order valence-electron chi connectivity index (χ4n) is 1.75. The minimum absolute atomic E-state index is 0.109. The van der Waals surface area contributed by atoms with Crippen molar-refractivity contribution in [1.82, 2.24) is 4.31 Å². The maximum Gasteiger partial charge on any atom is 0.244 e. The average molecular weight is 285 g/mol. The lowest BCUT2D eigenvalue weighted by Crippen LogP contribution is -2.43. The van der Waals surface area contributed by atoms with Gasteiger partial charge in [-0.15, -0.1) is 0 Å². The van der Waals surface area contributed by atoms with Gasteiger partial charge in [0.2, 0.25) is 15.9 Å². The maximum atomic E-state index is 12.6. The van der Waals surface area contributed by atoms with E-state index in [1.165, 1.54) is 6.07 Å². The molecule has 0 aromatic heterocycles. The molecule has 0 spiro atoms. The molecule has 106 valence electrons. The molecule has 0 saturated heterocycles. The Balaban J connectivity index is 3.31. The van der Waals surface area contributed by atoms with E-state index in [1.807, 2.05) is 0 Å². The fraction of sp³-hybridized carbons (Fsp3) is 0.417. The van der Waals surface area contributed by atoms with Crippen LogP contribution in [-0.2, 0) is 21.4 Å². The van der Waals surface area contributed by atoms with E-state index in [-0.39, 0.29) is 24.0 Å². The molecule has 1 amide bonds. The van der Waals surface area contributed by atoms with E-state index in [2.05, 4.69) is 0 Å². The number of nitrogens with zero attached hydrogens (tertiary/aromatic N) is 1. The van der Waals surface area contributed by atoms with Gasteiger partial charge >= 0.3 is 0 Å². The average Bonchev–Trinajstić information content (AvgIpc) is 2.35. The molecule has 0 unspecified atom stereocenters. The molecule has 0 atom stereocenters. The van der Waals surface area contributed by atoms with Crippen LogP contribution in [0.5, 0.6) is 0 Å². The molecule has 0 fully saturated rings. The molecule has 19 heavy (non-hydrogen) atoms. The Hall–Kier alpha value is -1.44. The zero-order valence-electron chi connectivity index (χ0n) is 11.0. The van der Waals surface area contributed by atoms with Gasteiger partial charge in [-0.3, -0.25) is 4.79 Å². The van der Waals surface area contributed by atoms with Gasteiger partial charge in [0.1, 0.15) is 0 Å². The minimum atomic E-state index is -3.79. The largest absolute Gasteiger partial charge is 0.369 e. The van der Waals surface area contributed by atoms with E-state index in [0.717, 1.165) is 4.31 Å². The molecule has 0 radical (unpaired) electrons. The minimum Gasteiger partial charge on any atom is -0.369 e. The Kier molecular flexibility index (Phi) is 5.04. The number of carbonyl (C=O) groups excluding carboxylic acids is 1. The monoisotopic (exact) mass is 285 g/mol. The number of rotatable bonds is 6. The predicted octanol–water partition coefficient (Wildman–Crippen LogP) is 0.0297. The van der Waals surface area contributed by atoms with Gasteiger partial charge in [0.15, 0.2) is 0 Å². The fourth-order valence-corrected chi connectivity index (χ4v) is 3.59. The van der Waals surface area contributed by atoms with Crippen LogP contribution in [0.25, 0.3) is 0 Å². The number of sulfonamides is 1. The van der Waals surface area contributed by atoms with Gasteiger partial charge in [0.25, 0.3) is 0 Å². The third-order valence-electron chi connectivity index (χ3n) is 2.67. The van der Waals surface area contributed by atoms with Gasteiger partial charge in [-0.2, -0.15) is 4.31 Å². The van der Waals surface area contributed by atoms with E-state index in [4.69, 9.17) is 11.5 Å². The Labute approximate surface area is 113 Å². The van der Waals surface area contributed by atoms with Crippen molar-refractivity contribution in [2.75, 3.05) is 6.54 Å². The van der Waals surface area contributed by atoms with Crippen LogP contribution in [0, 0.1) is 0 Å². The maximum absolute atomic E-state index is 12.6. The standard InChI is InChI=1S/C12H19N3O3S/c1-9(2)15(8-12(14)16)19(17,18)11-6-4-3-5-10(11)7-13/h3-6,9H,7-8,13H2,1-2H3,(H2,14,16). The second-order valence-electron chi connectivity index (χ2n) is 4.42. The first-order valence-electron chi connectivity index (χ1n) is 5.88. The smallest absolute Gasteiger partial charge is 0.244 e. The van der Waals surface area contributed by atoms with Crippen LogP contribution in [0.4, 0.5) is 0 Å². The SMILES string of the molecule is CC(C)N(CC(N)=O)S(=O)(=O)c1ccccc1CN. The van der Waals surface area contributed by atoms with Crippen molar-refractivity contribution >= 4 is 15.9 Å². The highest BCUT2D eigenvalue weighted by Gasteiger charge is 2.29. The van der Waals surface area contributed by atoms with Crippen molar-refractivity contribution in [3.05, 3.63) is 29.8 Å². The van der Waals surface area contributed by atoms with Gasteiger partial charge < -0.3 is 11.5 Å². The molecule has 0 aliphatic carbocycles. The molecular formula is C12H19N3O3S. The molecule has 0 bridgehead atoms. The second kappa shape index (κ2) is 6.14. The zero-order valence-corrected chi connectivity index (χ0v) is 11.9. The highest BCUT2D eigenvalue weighted by molar-refractivity contribution is 7.89. The summed E-state index contributed by atoms with van der Waals surface area (Å²) in [5.41, 5.74) is 11.2. The quantitative estimate of drug-likeness (QED) is 0.769. The van der Waals surface area contributed by atoms with E-state index >= 15 is 0 Å². The summed E-state index contributed by atoms with van der Waals surface area (Å²) in [6, 6.07) is 6.09. The van der Waals surface area contributed by atoms with Crippen LogP contribution in [-0.4, -0.2) is 31.2 Å². The van der Waals surface area contributed by atoms with Gasteiger partial charge in [-0.25, -0.2) is 8.42 Å². The number of amides is 1. The number of benzene rings is 1. The molecule has 1 rings (SSSR count). The topological polar surface area (TPSA) is 106 Å². The van der Waals surface area contributed by atoms with Crippen molar-refractivity contribution in [3.8, 4) is 0 Å². The predicted molar refractivity (Wildman–Crippen MR) is 72.6 cm³/mol. The third kappa shape index (κ3) is 3.52. The van der Waals surface area contributed by atoms with Gasteiger partial charge in [0, 0.05) is 12.6 Å². The lowest BCUT2D eigenvalue weighted by Gasteiger charge is -2.25. The third-order valence-corrected chi connectivity index (χ3v) is 4.79. The van der Waals surface area contributed by atoms with E-state index in [9.17, 15) is 13.2 Å². The van der Waals surface area contributed by atoms with Gasteiger partial charge in [0.05, 0.1) is 11.4 Å². The molecule has 1 aromatic carbocycles. The summed E-state index contributed by atoms with van der Waals surface area (Å²) in [5.74, 6) is -0.692. The van der Waals surface area contributed by atoms with E-state index < -0.39 is 15.9 Å². The molecule has 4 N–H and O–H groups in total. The normalized spacial score (nSPS) is 12.1. The van der Waals surface area contributed by atoms with E-state index in [0.29, 0.717) is 5.56 Å². The lowest BCUT2D eigenvalue weighted by molar-refractivity contribution is -0.118. The summed E-state index contributed by atoms with van der Waals surface area (Å²) in [6.45, 7) is 3.13. The Morgan fingerprint density at radius 3 is 2.37 bits per heavy atom. The Bertz CT molecular complexity index is 555. The first-order valence-corrected chi connectivity index (χ1v) is 7.32. The molecule has 1 aromatic rings. The van der Waals surface area contributed by atoms with Crippen molar-refractivity contribution in [3.63, 3.8) is 0 Å². The first kappa shape index (κ1) is 15.6. The number of primary amides is 1. The molecule has 0 saturated carbocycles. The number of hydrogen-bond acceptors (Lipinski definition) is 4. The summed E-state index contributed by atoms with van der Waals surface area (Å²) in [4.78, 5) is 11.2. The van der Waals surface area contributed by atoms with Gasteiger partial charge in [-0.1, -0.05) is 18.2 Å². The number of carbonyl (C=O) groups is 1. The summed E-state index contributed by atoms with van der Waals surface area (Å²) in [6.07, 6.45) is 0. The van der Waals surface area contributed by atoms with Crippen LogP contribution < -0.4 is 11.5 Å². The summed E-state index contributed by atoms with van der Waals surface area (Å²) in [7, 11) is -3.79. The molecule has 7 heteroatoms.